The summed E-state index contributed by atoms with van der Waals surface area (Å²) in [6, 6.07) is 6.35. The summed E-state index contributed by atoms with van der Waals surface area (Å²) in [5.41, 5.74) is 0.834. The fourth-order valence-corrected chi connectivity index (χ4v) is 5.84. The number of rotatable bonds is 7. The standard InChI is InChI=1S/C28H32F4O3/c1-2-3-4-11-27-15-33-28(34-16-27,35-17-27)21-8-5-18(6-9-21)19-7-10-22(23(29)12-19)20-13-24(30)26(32)25(31)14-20/h7,10,12-14,18,21H,2-6,8-9,11,15-17H2,1H3. The van der Waals surface area contributed by atoms with Gasteiger partial charge in [0.2, 0.25) is 0 Å². The van der Waals surface area contributed by atoms with Crippen molar-refractivity contribution in [3.8, 4) is 11.1 Å². The lowest BCUT2D eigenvalue weighted by molar-refractivity contribution is -0.488. The van der Waals surface area contributed by atoms with Crippen molar-refractivity contribution >= 4 is 0 Å². The maximum atomic E-state index is 14.9. The van der Waals surface area contributed by atoms with Crippen LogP contribution >= 0.6 is 0 Å². The smallest absolute Gasteiger partial charge is 0.285 e. The monoisotopic (exact) mass is 492 g/mol. The molecule has 0 amide bonds. The predicted molar refractivity (Wildman–Crippen MR) is 124 cm³/mol. The molecule has 7 heteroatoms. The van der Waals surface area contributed by atoms with Crippen LogP contribution in [0.3, 0.4) is 0 Å². The molecule has 0 radical (unpaired) electrons. The van der Waals surface area contributed by atoms with Crippen molar-refractivity contribution in [2.75, 3.05) is 19.8 Å². The fourth-order valence-electron chi connectivity index (χ4n) is 5.84. The van der Waals surface area contributed by atoms with E-state index in [4.69, 9.17) is 14.2 Å². The van der Waals surface area contributed by atoms with Crippen LogP contribution in [0, 0.1) is 34.6 Å². The Hall–Kier alpha value is -1.96. The Labute approximate surface area is 203 Å². The molecule has 3 aliphatic heterocycles. The Kier molecular flexibility index (Phi) is 6.94. The highest BCUT2D eigenvalue weighted by atomic mass is 19.2. The number of halogens is 4. The average Bonchev–Trinajstić information content (AvgIpc) is 2.88. The van der Waals surface area contributed by atoms with Gasteiger partial charge in [-0.15, -0.1) is 0 Å². The van der Waals surface area contributed by atoms with E-state index < -0.39 is 29.2 Å². The minimum Gasteiger partial charge on any atom is -0.326 e. The van der Waals surface area contributed by atoms with Crippen LogP contribution in [-0.4, -0.2) is 25.8 Å². The second-order valence-corrected chi connectivity index (χ2v) is 10.5. The summed E-state index contributed by atoms with van der Waals surface area (Å²) in [5.74, 6) is -5.48. The number of unbranched alkanes of at least 4 members (excludes halogenated alkanes) is 2. The molecule has 1 aliphatic carbocycles. The third-order valence-electron chi connectivity index (χ3n) is 8.04. The molecule has 0 atom stereocenters. The van der Waals surface area contributed by atoms with Crippen LogP contribution in [0.1, 0.15) is 69.8 Å². The highest BCUT2D eigenvalue weighted by Crippen LogP contribution is 2.50. The van der Waals surface area contributed by atoms with E-state index in [2.05, 4.69) is 6.92 Å². The van der Waals surface area contributed by atoms with Crippen LogP contribution in [0.25, 0.3) is 11.1 Å². The van der Waals surface area contributed by atoms with Gasteiger partial charge < -0.3 is 14.2 Å². The summed E-state index contributed by atoms with van der Waals surface area (Å²) in [6.45, 7) is 4.22. The van der Waals surface area contributed by atoms with Gasteiger partial charge in [0.1, 0.15) is 5.82 Å². The van der Waals surface area contributed by atoms with Gasteiger partial charge >= 0.3 is 0 Å². The minimum atomic E-state index is -1.56. The highest BCUT2D eigenvalue weighted by Gasteiger charge is 2.56. The lowest BCUT2D eigenvalue weighted by Gasteiger charge is -2.55. The maximum Gasteiger partial charge on any atom is 0.285 e. The van der Waals surface area contributed by atoms with Gasteiger partial charge in [-0.25, -0.2) is 17.6 Å². The molecule has 2 bridgehead atoms. The summed E-state index contributed by atoms with van der Waals surface area (Å²) < 4.78 is 74.0. The van der Waals surface area contributed by atoms with Gasteiger partial charge in [0.25, 0.3) is 5.97 Å². The molecule has 35 heavy (non-hydrogen) atoms. The fraction of sp³-hybridized carbons (Fsp3) is 0.571. The Morgan fingerprint density at radius 2 is 1.43 bits per heavy atom. The zero-order valence-electron chi connectivity index (χ0n) is 20.1. The Morgan fingerprint density at radius 3 is 2.00 bits per heavy atom. The average molecular weight is 493 g/mol. The third kappa shape index (κ3) is 4.75. The molecule has 190 valence electrons. The van der Waals surface area contributed by atoms with E-state index in [1.807, 2.05) is 0 Å². The van der Waals surface area contributed by atoms with Crippen molar-refractivity contribution in [3.05, 3.63) is 59.2 Å². The van der Waals surface area contributed by atoms with Gasteiger partial charge in [-0.2, -0.15) is 0 Å². The van der Waals surface area contributed by atoms with Crippen LogP contribution in [0.2, 0.25) is 0 Å². The second-order valence-electron chi connectivity index (χ2n) is 10.5. The largest absolute Gasteiger partial charge is 0.326 e. The summed E-state index contributed by atoms with van der Waals surface area (Å²) in [6.07, 6.45) is 7.95. The number of ether oxygens (including phenoxy) is 3. The molecule has 1 saturated carbocycles. The lowest BCUT2D eigenvalue weighted by atomic mass is 9.76. The summed E-state index contributed by atoms with van der Waals surface area (Å²) in [5, 5.41) is 0. The van der Waals surface area contributed by atoms with E-state index >= 15 is 0 Å². The molecular formula is C28H32F4O3. The molecule has 3 heterocycles. The molecule has 4 aliphatic rings. The van der Waals surface area contributed by atoms with E-state index in [-0.39, 0.29) is 28.4 Å². The Morgan fingerprint density at radius 1 is 0.800 bits per heavy atom. The van der Waals surface area contributed by atoms with E-state index in [9.17, 15) is 17.6 Å². The molecule has 0 aromatic heterocycles. The Bertz CT molecular complexity index is 1020. The highest BCUT2D eigenvalue weighted by molar-refractivity contribution is 5.65. The molecule has 3 nitrogen and oxygen atoms in total. The van der Waals surface area contributed by atoms with Gasteiger partial charge in [0.05, 0.1) is 19.8 Å². The zero-order valence-corrected chi connectivity index (χ0v) is 20.1. The van der Waals surface area contributed by atoms with E-state index in [1.165, 1.54) is 25.0 Å². The maximum absolute atomic E-state index is 14.9. The second kappa shape index (κ2) is 9.83. The van der Waals surface area contributed by atoms with E-state index in [1.54, 1.807) is 6.07 Å². The topological polar surface area (TPSA) is 27.7 Å². The van der Waals surface area contributed by atoms with Crippen LogP contribution in [0.4, 0.5) is 17.6 Å². The van der Waals surface area contributed by atoms with Crippen molar-refractivity contribution in [2.45, 2.75) is 70.2 Å². The van der Waals surface area contributed by atoms with Crippen molar-refractivity contribution in [2.24, 2.45) is 11.3 Å². The van der Waals surface area contributed by atoms with Crippen molar-refractivity contribution in [1.82, 2.24) is 0 Å². The van der Waals surface area contributed by atoms with Crippen molar-refractivity contribution in [1.29, 1.82) is 0 Å². The summed E-state index contributed by atoms with van der Waals surface area (Å²) in [7, 11) is 0. The molecule has 3 saturated heterocycles. The van der Waals surface area contributed by atoms with Gasteiger partial charge in [-0.3, -0.25) is 0 Å². The minimum absolute atomic E-state index is 0.0241. The summed E-state index contributed by atoms with van der Waals surface area (Å²) in [4.78, 5) is 0. The number of fused-ring (bicyclic) bond motifs is 3. The Balaban J connectivity index is 1.21. The SMILES string of the molecule is CCCCCC12COC(C3CCC(c4ccc(-c5cc(F)c(F)c(F)c5)c(F)c4)CC3)(OC1)OC2. The first-order valence-electron chi connectivity index (χ1n) is 12.7. The van der Waals surface area contributed by atoms with Crippen LogP contribution in [0.15, 0.2) is 30.3 Å². The molecule has 0 unspecified atom stereocenters. The quantitative estimate of drug-likeness (QED) is 0.228. The first-order valence-corrected chi connectivity index (χ1v) is 12.7. The predicted octanol–water partition coefficient (Wildman–Crippen LogP) is 7.48. The molecule has 0 spiro atoms. The van der Waals surface area contributed by atoms with E-state index in [0.717, 1.165) is 56.2 Å². The first kappa shape index (κ1) is 24.7. The molecule has 0 N–H and O–H groups in total. The van der Waals surface area contributed by atoms with Crippen molar-refractivity contribution < 1.29 is 31.8 Å². The van der Waals surface area contributed by atoms with Crippen LogP contribution < -0.4 is 0 Å². The van der Waals surface area contributed by atoms with E-state index in [0.29, 0.717) is 19.8 Å². The van der Waals surface area contributed by atoms with Gasteiger partial charge in [0, 0.05) is 16.9 Å². The van der Waals surface area contributed by atoms with Crippen LogP contribution in [-0.2, 0) is 14.2 Å². The van der Waals surface area contributed by atoms with Gasteiger partial charge in [-0.05, 0) is 67.3 Å². The molecule has 6 rings (SSSR count). The summed E-state index contributed by atoms with van der Waals surface area (Å²) >= 11 is 0. The molecular weight excluding hydrogens is 460 g/mol. The van der Waals surface area contributed by atoms with Gasteiger partial charge in [0.15, 0.2) is 17.5 Å². The number of hydrogen-bond acceptors (Lipinski definition) is 3. The number of benzene rings is 2. The lowest BCUT2D eigenvalue weighted by Crippen LogP contribution is -2.63. The molecule has 2 aromatic rings. The zero-order chi connectivity index (χ0) is 24.6. The first-order chi connectivity index (χ1) is 16.8. The van der Waals surface area contributed by atoms with Gasteiger partial charge in [-0.1, -0.05) is 38.3 Å². The molecule has 4 fully saturated rings. The number of hydrogen-bond donors (Lipinski definition) is 0. The third-order valence-corrected chi connectivity index (χ3v) is 8.04. The van der Waals surface area contributed by atoms with Crippen molar-refractivity contribution in [3.63, 3.8) is 0 Å². The van der Waals surface area contributed by atoms with Crippen LogP contribution in [0.5, 0.6) is 0 Å². The molecule has 2 aromatic carbocycles. The normalized spacial score (nSPS) is 30.5.